The van der Waals surface area contributed by atoms with Crippen LogP contribution in [0.3, 0.4) is 0 Å². The second-order valence-electron chi connectivity index (χ2n) is 10.4. The lowest BCUT2D eigenvalue weighted by Gasteiger charge is -2.57. The Morgan fingerprint density at radius 2 is 1.84 bits per heavy atom. The molecule has 37 heavy (non-hydrogen) atoms. The summed E-state index contributed by atoms with van der Waals surface area (Å²) in [6, 6.07) is 6.68. The molecule has 3 heterocycles. The fraction of sp³-hybridized carbons (Fsp3) is 0.414. The molecule has 0 bridgehead atoms. The molecule has 2 saturated heterocycles. The highest BCUT2D eigenvalue weighted by atomic mass is 19.2. The number of ether oxygens (including phenoxy) is 1. The number of benzene rings is 2. The summed E-state index contributed by atoms with van der Waals surface area (Å²) in [6.45, 7) is 5.28. The average molecular weight is 516 g/mol. The lowest BCUT2D eigenvalue weighted by Crippen LogP contribution is -2.69. The number of aliphatic hydroxyl groups is 1. The van der Waals surface area contributed by atoms with E-state index in [1.807, 2.05) is 18.2 Å². The highest BCUT2D eigenvalue weighted by Gasteiger charge is 2.56. The van der Waals surface area contributed by atoms with E-state index in [1.165, 1.54) is 0 Å². The molecule has 0 saturated carbocycles. The van der Waals surface area contributed by atoms with Gasteiger partial charge in [0.15, 0.2) is 23.3 Å². The minimum Gasteiger partial charge on any atom is -0.497 e. The number of quaternary nitrogens is 1. The molecule has 2 aliphatic heterocycles. The van der Waals surface area contributed by atoms with Crippen molar-refractivity contribution in [1.29, 1.82) is 0 Å². The summed E-state index contributed by atoms with van der Waals surface area (Å²) in [5.41, 5.74) is 0.0498. The molecule has 3 aromatic rings. The van der Waals surface area contributed by atoms with Gasteiger partial charge < -0.3 is 14.3 Å². The molecule has 5 unspecified atom stereocenters. The zero-order valence-electron chi connectivity index (χ0n) is 21.0. The van der Waals surface area contributed by atoms with Gasteiger partial charge in [0.1, 0.15) is 24.4 Å². The third-order valence-corrected chi connectivity index (χ3v) is 8.70. The Morgan fingerprint density at radius 1 is 1.11 bits per heavy atom. The van der Waals surface area contributed by atoms with E-state index >= 15 is 8.78 Å². The summed E-state index contributed by atoms with van der Waals surface area (Å²) in [6.07, 6.45) is 5.34. The quantitative estimate of drug-likeness (QED) is 0.182. The number of hydrogen-bond acceptors (Lipinski definition) is 3. The molecule has 196 valence electrons. The Labute approximate surface area is 213 Å². The third kappa shape index (κ3) is 4.10. The number of nitrogens with zero attached hydrogens (tertiary/aromatic N) is 2. The lowest BCUT2D eigenvalue weighted by atomic mass is 9.85. The van der Waals surface area contributed by atoms with Gasteiger partial charge in [-0.05, 0) is 49.1 Å². The third-order valence-electron chi connectivity index (χ3n) is 8.70. The van der Waals surface area contributed by atoms with Crippen LogP contribution in [-0.2, 0) is 6.54 Å². The predicted molar refractivity (Wildman–Crippen MR) is 133 cm³/mol. The summed E-state index contributed by atoms with van der Waals surface area (Å²) < 4.78 is 64.7. The molecule has 0 radical (unpaired) electrons. The molecule has 1 aromatic heterocycles. The number of rotatable bonds is 6. The van der Waals surface area contributed by atoms with Crippen LogP contribution in [0.4, 0.5) is 17.6 Å². The van der Waals surface area contributed by atoms with Crippen LogP contribution in [0.2, 0.25) is 0 Å². The van der Waals surface area contributed by atoms with Crippen molar-refractivity contribution in [3.8, 4) is 5.75 Å². The fourth-order valence-electron chi connectivity index (χ4n) is 6.45. The maximum atomic E-state index is 15.1. The van der Waals surface area contributed by atoms with Crippen LogP contribution in [0.15, 0.2) is 43.1 Å². The highest BCUT2D eigenvalue weighted by Crippen LogP contribution is 2.48. The molecule has 5 rings (SSSR count). The second kappa shape index (κ2) is 9.72. The normalized spacial score (nSPS) is 26.2. The first-order chi connectivity index (χ1) is 17.7. The van der Waals surface area contributed by atoms with Crippen molar-refractivity contribution in [3.05, 3.63) is 83.1 Å². The van der Waals surface area contributed by atoms with Gasteiger partial charge in [-0.25, -0.2) is 17.6 Å². The maximum absolute atomic E-state index is 15.1. The molecule has 0 aliphatic carbocycles. The summed E-state index contributed by atoms with van der Waals surface area (Å²) in [7, 11) is 1.56. The second-order valence-corrected chi connectivity index (χ2v) is 10.4. The largest absolute Gasteiger partial charge is 0.497 e. The minimum atomic E-state index is -1.37. The summed E-state index contributed by atoms with van der Waals surface area (Å²) in [4.78, 5) is 4.40. The van der Waals surface area contributed by atoms with Crippen molar-refractivity contribution >= 4 is 10.9 Å². The molecular weight excluding hydrogens is 484 g/mol. The molecule has 0 amide bonds. The monoisotopic (exact) mass is 515 g/mol. The van der Waals surface area contributed by atoms with Crippen LogP contribution in [-0.4, -0.2) is 40.3 Å². The lowest BCUT2D eigenvalue weighted by molar-refractivity contribution is -1.02. The van der Waals surface area contributed by atoms with Gasteiger partial charge in [0, 0.05) is 36.4 Å². The Bertz CT molecular complexity index is 1330. The molecule has 2 fully saturated rings. The van der Waals surface area contributed by atoms with E-state index in [0.29, 0.717) is 29.8 Å². The van der Waals surface area contributed by atoms with Gasteiger partial charge in [-0.2, -0.15) is 0 Å². The van der Waals surface area contributed by atoms with Crippen LogP contribution in [0.25, 0.3) is 10.9 Å². The maximum Gasteiger partial charge on any atom is 0.171 e. The number of methoxy groups -OCH3 is 1. The Hall–Kier alpha value is -2.97. The standard InChI is InChI=1S/C29H31F4N2O2/c1-4-17-5-8-24(29(36)20-9-11-34-23-7-6-19(37-3)14-21(20)23)35(12-10-18(35)13-17)15-22-27(32)25(30)16(2)26(31)28(22)33/h4,6-7,9,11,14,17-18,24,29,36H,1,5,8,10,12-13,15H2,2-3H3/q+1. The molecule has 5 atom stereocenters. The molecule has 2 aliphatic rings. The van der Waals surface area contributed by atoms with Gasteiger partial charge in [0.2, 0.25) is 0 Å². The number of halogens is 4. The number of aromatic nitrogens is 1. The molecular formula is C29H31F4N2O2+. The minimum absolute atomic E-state index is 0.0287. The van der Waals surface area contributed by atoms with E-state index in [-0.39, 0.29) is 23.0 Å². The van der Waals surface area contributed by atoms with E-state index < -0.39 is 46.5 Å². The number of fused-ring (bicyclic) bond motifs is 2. The summed E-state index contributed by atoms with van der Waals surface area (Å²) >= 11 is 0. The van der Waals surface area contributed by atoms with Gasteiger partial charge in [0.25, 0.3) is 0 Å². The number of pyridine rings is 1. The summed E-state index contributed by atoms with van der Waals surface area (Å²) in [5.74, 6) is -4.66. The summed E-state index contributed by atoms with van der Waals surface area (Å²) in [5, 5.41) is 12.6. The van der Waals surface area contributed by atoms with E-state index in [0.717, 1.165) is 31.6 Å². The van der Waals surface area contributed by atoms with Crippen LogP contribution < -0.4 is 4.74 Å². The van der Waals surface area contributed by atoms with E-state index in [9.17, 15) is 13.9 Å². The zero-order chi connectivity index (χ0) is 26.5. The first-order valence-electron chi connectivity index (χ1n) is 12.6. The van der Waals surface area contributed by atoms with Gasteiger partial charge in [-0.3, -0.25) is 4.98 Å². The smallest absolute Gasteiger partial charge is 0.171 e. The SMILES string of the molecule is C=CC1CCC(C(O)c2ccnc3ccc(OC)cc23)[N+]2(Cc3c(F)c(F)c(C)c(F)c3F)CCC2C1. The van der Waals surface area contributed by atoms with Crippen molar-refractivity contribution in [2.75, 3.05) is 13.7 Å². The van der Waals surface area contributed by atoms with Crippen molar-refractivity contribution in [2.45, 2.75) is 57.3 Å². The number of allylic oxidation sites excluding steroid dienone is 1. The van der Waals surface area contributed by atoms with Crippen molar-refractivity contribution in [1.82, 2.24) is 4.98 Å². The Balaban J connectivity index is 1.63. The molecule has 4 nitrogen and oxygen atoms in total. The number of hydrogen-bond donors (Lipinski definition) is 1. The van der Waals surface area contributed by atoms with E-state index in [1.54, 1.807) is 25.4 Å². The van der Waals surface area contributed by atoms with Crippen LogP contribution in [0, 0.1) is 36.1 Å². The molecule has 1 N–H and O–H groups in total. The van der Waals surface area contributed by atoms with Gasteiger partial charge >= 0.3 is 0 Å². The van der Waals surface area contributed by atoms with Gasteiger partial charge in [-0.15, -0.1) is 6.58 Å². The average Bonchev–Trinajstić information content (AvgIpc) is 3.01. The van der Waals surface area contributed by atoms with Crippen LogP contribution >= 0.6 is 0 Å². The number of aliphatic hydroxyl groups excluding tert-OH is 1. The predicted octanol–water partition coefficient (Wildman–Crippen LogP) is 6.29. The Morgan fingerprint density at radius 3 is 2.46 bits per heavy atom. The van der Waals surface area contributed by atoms with E-state index in [2.05, 4.69) is 11.6 Å². The van der Waals surface area contributed by atoms with Crippen LogP contribution in [0.1, 0.15) is 48.5 Å². The van der Waals surface area contributed by atoms with Gasteiger partial charge in [0.05, 0.1) is 30.8 Å². The van der Waals surface area contributed by atoms with Crippen molar-refractivity contribution in [3.63, 3.8) is 0 Å². The molecule has 2 aromatic carbocycles. The van der Waals surface area contributed by atoms with Gasteiger partial charge in [-0.1, -0.05) is 6.08 Å². The Kier molecular flexibility index (Phi) is 6.75. The zero-order valence-corrected chi connectivity index (χ0v) is 21.0. The van der Waals surface area contributed by atoms with E-state index in [4.69, 9.17) is 4.74 Å². The molecule has 0 spiro atoms. The topological polar surface area (TPSA) is 42.4 Å². The van der Waals surface area contributed by atoms with Crippen molar-refractivity contribution in [2.24, 2.45) is 5.92 Å². The van der Waals surface area contributed by atoms with Crippen molar-refractivity contribution < 1.29 is 31.9 Å². The van der Waals surface area contributed by atoms with Crippen LogP contribution in [0.5, 0.6) is 5.75 Å². The first-order valence-corrected chi connectivity index (χ1v) is 12.6. The fourth-order valence-corrected chi connectivity index (χ4v) is 6.45. The first kappa shape index (κ1) is 25.7. The molecule has 8 heteroatoms. The highest BCUT2D eigenvalue weighted by molar-refractivity contribution is 5.83.